The Morgan fingerprint density at radius 1 is 0.455 bits per heavy atom. The Labute approximate surface area is 324 Å². The van der Waals surface area contributed by atoms with Gasteiger partial charge in [0.1, 0.15) is 0 Å². The number of nitrogens with zero attached hydrogens (tertiary/aromatic N) is 2. The van der Waals surface area contributed by atoms with E-state index in [4.69, 9.17) is 4.74 Å². The standard InChI is InChI=1S/C52H44N2O/c1-31-15-14-22-45-48(31)54-43-21-13-12-20-40(43)52(6,7)47-44(27-28-46(55-45)49(47)54)53(32-23-25-36-34-16-8-10-18-38(34)50(2,3)41(36)29-32)33-24-26-37-35-17-9-11-19-39(35)51(4,5)42(37)30-33/h8-30H,1-7H3. The molecule has 0 fully saturated rings. The highest BCUT2D eigenvalue weighted by Gasteiger charge is 2.45. The molecule has 2 aliphatic heterocycles. The van der Waals surface area contributed by atoms with Gasteiger partial charge in [0.25, 0.3) is 0 Å². The van der Waals surface area contributed by atoms with Gasteiger partial charge in [0, 0.05) is 33.2 Å². The molecule has 0 atom stereocenters. The zero-order valence-corrected chi connectivity index (χ0v) is 32.6. The van der Waals surface area contributed by atoms with E-state index in [0.717, 1.165) is 39.9 Å². The van der Waals surface area contributed by atoms with Crippen molar-refractivity contribution in [3.8, 4) is 33.8 Å². The second-order valence-corrected chi connectivity index (χ2v) is 17.4. The molecule has 55 heavy (non-hydrogen) atoms. The fourth-order valence-corrected chi connectivity index (χ4v) is 10.6. The highest BCUT2D eigenvalue weighted by Crippen LogP contribution is 2.64. The molecule has 0 saturated carbocycles. The fourth-order valence-electron chi connectivity index (χ4n) is 10.6. The van der Waals surface area contributed by atoms with E-state index in [1.54, 1.807) is 0 Å². The van der Waals surface area contributed by atoms with Gasteiger partial charge in [0.2, 0.25) is 0 Å². The second-order valence-electron chi connectivity index (χ2n) is 17.4. The summed E-state index contributed by atoms with van der Waals surface area (Å²) in [6.07, 6.45) is 0. The molecule has 0 saturated heterocycles. The van der Waals surface area contributed by atoms with Gasteiger partial charge < -0.3 is 14.5 Å². The van der Waals surface area contributed by atoms with Gasteiger partial charge in [0.15, 0.2) is 11.5 Å². The number of rotatable bonds is 3. The predicted octanol–water partition coefficient (Wildman–Crippen LogP) is 14.3. The maximum atomic E-state index is 6.85. The maximum Gasteiger partial charge on any atom is 0.152 e. The van der Waals surface area contributed by atoms with E-state index < -0.39 is 0 Å². The van der Waals surface area contributed by atoms with Gasteiger partial charge >= 0.3 is 0 Å². The Morgan fingerprint density at radius 2 is 0.982 bits per heavy atom. The molecule has 0 radical (unpaired) electrons. The predicted molar refractivity (Wildman–Crippen MR) is 228 cm³/mol. The van der Waals surface area contributed by atoms with Gasteiger partial charge in [-0.25, -0.2) is 0 Å². The van der Waals surface area contributed by atoms with Gasteiger partial charge in [-0.15, -0.1) is 0 Å². The SMILES string of the molecule is Cc1cccc2c1N1c3ccccc3C(C)(C)c3c(N(c4ccc5c(c4)C(C)(C)c4ccccc4-5)c4ccc5c(c4)C(C)(C)c4ccccc4-5)ccc(c31)O2. The molecule has 0 unspecified atom stereocenters. The normalized spacial score (nSPS) is 16.5. The average Bonchev–Trinajstić information content (AvgIpc) is 3.56. The van der Waals surface area contributed by atoms with Crippen LogP contribution in [0.15, 0.2) is 140 Å². The lowest BCUT2D eigenvalue weighted by molar-refractivity contribution is 0.471. The minimum Gasteiger partial charge on any atom is -0.453 e. The number of benzene rings is 7. The lowest BCUT2D eigenvalue weighted by Gasteiger charge is -2.47. The quantitative estimate of drug-likeness (QED) is 0.181. The smallest absolute Gasteiger partial charge is 0.152 e. The maximum absolute atomic E-state index is 6.85. The zero-order valence-electron chi connectivity index (χ0n) is 32.6. The first-order valence-electron chi connectivity index (χ1n) is 19.6. The number of ether oxygens (including phenoxy) is 1. The number of hydrogen-bond acceptors (Lipinski definition) is 3. The molecule has 0 spiro atoms. The summed E-state index contributed by atoms with van der Waals surface area (Å²) in [6, 6.07) is 52.0. The van der Waals surface area contributed by atoms with Gasteiger partial charge in [-0.1, -0.05) is 133 Å². The average molecular weight is 713 g/mol. The van der Waals surface area contributed by atoms with E-state index in [0.29, 0.717) is 0 Å². The molecule has 3 nitrogen and oxygen atoms in total. The first-order chi connectivity index (χ1) is 26.5. The van der Waals surface area contributed by atoms with E-state index in [-0.39, 0.29) is 16.2 Å². The van der Waals surface area contributed by atoms with Crippen LogP contribution in [-0.4, -0.2) is 0 Å². The molecule has 2 heterocycles. The molecular weight excluding hydrogens is 669 g/mol. The second kappa shape index (κ2) is 10.8. The molecule has 11 rings (SSSR count). The van der Waals surface area contributed by atoms with E-state index >= 15 is 0 Å². The van der Waals surface area contributed by atoms with Gasteiger partial charge in [0.05, 0.1) is 22.7 Å². The third-order valence-corrected chi connectivity index (χ3v) is 13.3. The molecule has 7 aromatic rings. The molecule has 0 aromatic heterocycles. The summed E-state index contributed by atoms with van der Waals surface area (Å²) in [5.41, 5.74) is 20.8. The Bertz CT molecular complexity index is 2700. The summed E-state index contributed by atoms with van der Waals surface area (Å²) >= 11 is 0. The van der Waals surface area contributed by atoms with Crippen LogP contribution in [0.4, 0.5) is 34.1 Å². The largest absolute Gasteiger partial charge is 0.453 e. The molecule has 268 valence electrons. The van der Waals surface area contributed by atoms with Crippen LogP contribution < -0.4 is 14.5 Å². The van der Waals surface area contributed by atoms with Crippen molar-refractivity contribution in [2.24, 2.45) is 0 Å². The van der Waals surface area contributed by atoms with Crippen molar-refractivity contribution in [3.05, 3.63) is 178 Å². The Balaban J connectivity index is 1.20. The number of anilines is 6. The monoisotopic (exact) mass is 712 g/mol. The molecular formula is C52H44N2O. The van der Waals surface area contributed by atoms with Crippen molar-refractivity contribution >= 4 is 34.1 Å². The van der Waals surface area contributed by atoms with Crippen molar-refractivity contribution in [2.45, 2.75) is 64.7 Å². The van der Waals surface area contributed by atoms with Crippen LogP contribution in [0.1, 0.15) is 80.5 Å². The molecule has 0 N–H and O–H groups in total. The summed E-state index contributed by atoms with van der Waals surface area (Å²) in [5, 5.41) is 0. The van der Waals surface area contributed by atoms with Crippen molar-refractivity contribution in [2.75, 3.05) is 9.80 Å². The van der Waals surface area contributed by atoms with Crippen LogP contribution in [0.25, 0.3) is 22.3 Å². The molecule has 3 heteroatoms. The van der Waals surface area contributed by atoms with Crippen molar-refractivity contribution in [1.29, 1.82) is 0 Å². The zero-order chi connectivity index (χ0) is 37.6. The summed E-state index contributed by atoms with van der Waals surface area (Å²) in [5.74, 6) is 1.77. The van der Waals surface area contributed by atoms with E-state index in [1.807, 2.05) is 0 Å². The van der Waals surface area contributed by atoms with Crippen LogP contribution in [0, 0.1) is 6.92 Å². The molecule has 4 aliphatic rings. The Kier molecular flexibility index (Phi) is 6.35. The third kappa shape index (κ3) is 4.16. The third-order valence-electron chi connectivity index (χ3n) is 13.3. The van der Waals surface area contributed by atoms with E-state index in [2.05, 4.69) is 198 Å². The van der Waals surface area contributed by atoms with Crippen LogP contribution in [0.2, 0.25) is 0 Å². The number of para-hydroxylation sites is 2. The summed E-state index contributed by atoms with van der Waals surface area (Å²) in [7, 11) is 0. The molecule has 7 aromatic carbocycles. The van der Waals surface area contributed by atoms with E-state index in [1.165, 1.54) is 66.9 Å². The van der Waals surface area contributed by atoms with Crippen LogP contribution in [0.5, 0.6) is 11.5 Å². The Morgan fingerprint density at radius 3 is 1.60 bits per heavy atom. The summed E-state index contributed by atoms with van der Waals surface area (Å²) < 4.78 is 6.85. The van der Waals surface area contributed by atoms with Crippen molar-refractivity contribution in [1.82, 2.24) is 0 Å². The number of fused-ring (bicyclic) bond motifs is 10. The highest BCUT2D eigenvalue weighted by atomic mass is 16.5. The number of hydrogen-bond donors (Lipinski definition) is 0. The summed E-state index contributed by atoms with van der Waals surface area (Å²) in [4.78, 5) is 5.02. The van der Waals surface area contributed by atoms with Gasteiger partial charge in [-0.05, 0) is 111 Å². The van der Waals surface area contributed by atoms with Crippen LogP contribution >= 0.6 is 0 Å². The minimum absolute atomic E-state index is 0.136. The van der Waals surface area contributed by atoms with Crippen molar-refractivity contribution < 1.29 is 4.74 Å². The topological polar surface area (TPSA) is 15.7 Å². The molecule has 0 amide bonds. The molecule has 0 bridgehead atoms. The first kappa shape index (κ1) is 32.4. The van der Waals surface area contributed by atoms with Gasteiger partial charge in [-0.3, -0.25) is 0 Å². The summed E-state index contributed by atoms with van der Waals surface area (Å²) in [6.45, 7) is 16.5. The Hall–Kier alpha value is -6.06. The lowest BCUT2D eigenvalue weighted by atomic mass is 9.72. The van der Waals surface area contributed by atoms with Crippen molar-refractivity contribution in [3.63, 3.8) is 0 Å². The first-order valence-corrected chi connectivity index (χ1v) is 19.6. The number of aryl methyl sites for hydroxylation is 1. The van der Waals surface area contributed by atoms with E-state index in [9.17, 15) is 0 Å². The van der Waals surface area contributed by atoms with Gasteiger partial charge in [-0.2, -0.15) is 0 Å². The molecule has 2 aliphatic carbocycles. The van der Waals surface area contributed by atoms with Crippen LogP contribution in [0.3, 0.4) is 0 Å². The minimum atomic E-state index is -0.353. The highest BCUT2D eigenvalue weighted by molar-refractivity contribution is 5.99. The lowest BCUT2D eigenvalue weighted by Crippen LogP contribution is -2.34. The van der Waals surface area contributed by atoms with Crippen LogP contribution in [-0.2, 0) is 16.2 Å². The fraction of sp³-hybridized carbons (Fsp3) is 0.192.